The fourth-order valence-corrected chi connectivity index (χ4v) is 4.76. The Kier molecular flexibility index (Phi) is 4.59. The molecule has 0 amide bonds. The number of nitrogens with one attached hydrogen (secondary N) is 1. The van der Waals surface area contributed by atoms with Gasteiger partial charge >= 0.3 is 0 Å². The van der Waals surface area contributed by atoms with Crippen molar-refractivity contribution < 1.29 is 0 Å². The van der Waals surface area contributed by atoms with Crippen molar-refractivity contribution in [2.24, 2.45) is 5.92 Å². The minimum Gasteiger partial charge on any atom is -0.310 e. The molecule has 2 atom stereocenters. The molecule has 1 nitrogen and oxygen atoms in total. The maximum atomic E-state index is 3.76. The van der Waals surface area contributed by atoms with Crippen LogP contribution in [0.2, 0.25) is 0 Å². The summed E-state index contributed by atoms with van der Waals surface area (Å²) >= 11 is 5.54. The summed E-state index contributed by atoms with van der Waals surface area (Å²) < 4.78 is 1.27. The summed E-state index contributed by atoms with van der Waals surface area (Å²) in [6.45, 7) is 3.33. The molecule has 0 bridgehead atoms. The largest absolute Gasteiger partial charge is 0.310 e. The third-order valence-corrected chi connectivity index (χ3v) is 6.05. The van der Waals surface area contributed by atoms with Crippen molar-refractivity contribution in [3.63, 3.8) is 0 Å². The highest BCUT2D eigenvalue weighted by Gasteiger charge is 2.32. The average molecular weight is 350 g/mol. The van der Waals surface area contributed by atoms with Crippen LogP contribution in [0.4, 0.5) is 0 Å². The number of benzene rings is 1. The van der Waals surface area contributed by atoms with E-state index in [1.807, 2.05) is 11.3 Å². The zero-order chi connectivity index (χ0) is 13.9. The van der Waals surface area contributed by atoms with Crippen LogP contribution in [-0.2, 0) is 12.8 Å². The van der Waals surface area contributed by atoms with Crippen molar-refractivity contribution in [1.29, 1.82) is 0 Å². The van der Waals surface area contributed by atoms with Gasteiger partial charge in [0.15, 0.2) is 0 Å². The first-order valence-corrected chi connectivity index (χ1v) is 9.00. The molecule has 1 aromatic carbocycles. The monoisotopic (exact) mass is 349 g/mol. The molecule has 3 heteroatoms. The molecule has 2 aromatic rings. The summed E-state index contributed by atoms with van der Waals surface area (Å²) in [5.74, 6) is 0.675. The van der Waals surface area contributed by atoms with E-state index in [-0.39, 0.29) is 0 Å². The van der Waals surface area contributed by atoms with E-state index >= 15 is 0 Å². The number of fused-ring (bicyclic) bond motifs is 1. The fourth-order valence-electron chi connectivity index (χ4n) is 3.15. The average Bonchev–Trinajstić information content (AvgIpc) is 3.01. The Hall–Kier alpha value is -0.640. The van der Waals surface area contributed by atoms with Crippen LogP contribution in [0.25, 0.3) is 0 Å². The summed E-state index contributed by atoms with van der Waals surface area (Å²) in [5, 5.41) is 5.94. The topological polar surface area (TPSA) is 12.0 Å². The number of halogens is 1. The third kappa shape index (κ3) is 2.85. The van der Waals surface area contributed by atoms with Gasteiger partial charge in [-0.1, -0.05) is 31.2 Å². The molecule has 1 N–H and O–H groups in total. The van der Waals surface area contributed by atoms with Gasteiger partial charge in [-0.15, -0.1) is 11.3 Å². The van der Waals surface area contributed by atoms with Crippen LogP contribution >= 0.6 is 27.3 Å². The van der Waals surface area contributed by atoms with E-state index in [9.17, 15) is 0 Å². The lowest BCUT2D eigenvalue weighted by Gasteiger charge is -2.21. The van der Waals surface area contributed by atoms with Gasteiger partial charge in [-0.25, -0.2) is 0 Å². The molecule has 106 valence electrons. The lowest BCUT2D eigenvalue weighted by molar-refractivity contribution is 0.388. The number of hydrogen-bond donors (Lipinski definition) is 1. The van der Waals surface area contributed by atoms with Gasteiger partial charge < -0.3 is 5.32 Å². The summed E-state index contributed by atoms with van der Waals surface area (Å²) in [7, 11) is 0. The highest BCUT2D eigenvalue weighted by atomic mass is 79.9. The summed E-state index contributed by atoms with van der Waals surface area (Å²) in [6.07, 6.45) is 3.55. The van der Waals surface area contributed by atoms with Crippen molar-refractivity contribution in [2.75, 3.05) is 6.54 Å². The minimum atomic E-state index is 0.514. The molecule has 0 spiro atoms. The Morgan fingerprint density at radius 2 is 2.15 bits per heavy atom. The van der Waals surface area contributed by atoms with Gasteiger partial charge in [-0.3, -0.25) is 0 Å². The number of rotatable bonds is 5. The lowest BCUT2D eigenvalue weighted by Crippen LogP contribution is -2.27. The Balaban J connectivity index is 1.82. The van der Waals surface area contributed by atoms with E-state index in [1.165, 1.54) is 33.3 Å². The Morgan fingerprint density at radius 3 is 2.90 bits per heavy atom. The first kappa shape index (κ1) is 14.3. The molecular weight excluding hydrogens is 330 g/mol. The van der Waals surface area contributed by atoms with Crippen LogP contribution in [0.15, 0.2) is 40.2 Å². The van der Waals surface area contributed by atoms with E-state index in [1.54, 1.807) is 0 Å². The van der Waals surface area contributed by atoms with Gasteiger partial charge in [0.05, 0.1) is 0 Å². The van der Waals surface area contributed by atoms with Gasteiger partial charge in [0.25, 0.3) is 0 Å². The molecule has 0 radical (unpaired) electrons. The van der Waals surface area contributed by atoms with E-state index in [0.717, 1.165) is 13.0 Å². The van der Waals surface area contributed by atoms with Crippen LogP contribution in [0.3, 0.4) is 0 Å². The predicted molar refractivity (Wildman–Crippen MR) is 90.4 cm³/mol. The van der Waals surface area contributed by atoms with Crippen LogP contribution in [-0.4, -0.2) is 6.54 Å². The highest BCUT2D eigenvalue weighted by molar-refractivity contribution is 9.10. The molecule has 1 aliphatic carbocycles. The predicted octanol–water partition coefficient (Wildman–Crippen LogP) is 4.97. The van der Waals surface area contributed by atoms with Gasteiger partial charge in [0.1, 0.15) is 0 Å². The summed E-state index contributed by atoms with van der Waals surface area (Å²) in [4.78, 5) is 1.48. The van der Waals surface area contributed by atoms with Crippen molar-refractivity contribution in [2.45, 2.75) is 32.2 Å². The van der Waals surface area contributed by atoms with Crippen molar-refractivity contribution >= 4 is 27.3 Å². The van der Waals surface area contributed by atoms with Gasteiger partial charge in [-0.2, -0.15) is 0 Å². The van der Waals surface area contributed by atoms with Gasteiger partial charge in [-0.05, 0) is 70.2 Å². The van der Waals surface area contributed by atoms with Crippen LogP contribution in [0.1, 0.15) is 35.4 Å². The molecule has 20 heavy (non-hydrogen) atoms. The van der Waals surface area contributed by atoms with Crippen molar-refractivity contribution in [1.82, 2.24) is 5.32 Å². The molecule has 1 aliphatic rings. The third-order valence-electron chi connectivity index (χ3n) is 4.10. The number of thiophene rings is 1. The second-order valence-electron chi connectivity index (χ2n) is 5.49. The second kappa shape index (κ2) is 6.42. The summed E-state index contributed by atoms with van der Waals surface area (Å²) in [5.41, 5.74) is 3.04. The molecule has 0 saturated heterocycles. The quantitative estimate of drug-likeness (QED) is 0.803. The molecule has 2 unspecified atom stereocenters. The van der Waals surface area contributed by atoms with Gasteiger partial charge in [0.2, 0.25) is 0 Å². The molecule has 0 saturated carbocycles. The van der Waals surface area contributed by atoms with Crippen LogP contribution in [0, 0.1) is 5.92 Å². The maximum Gasteiger partial charge on any atom is 0.0358 e. The summed E-state index contributed by atoms with van der Waals surface area (Å²) in [6, 6.07) is 11.6. The van der Waals surface area contributed by atoms with E-state index in [0.29, 0.717) is 12.0 Å². The number of hydrogen-bond acceptors (Lipinski definition) is 2. The fraction of sp³-hybridized carbons (Fsp3) is 0.412. The van der Waals surface area contributed by atoms with Gasteiger partial charge in [0, 0.05) is 15.4 Å². The Labute approximate surface area is 133 Å². The standard InChI is InChI=1S/C17H20BrNS/c1-2-8-19-17-13(11-16-15(18)7-9-20-16)10-12-5-3-4-6-14(12)17/h3-7,9,13,17,19H,2,8,10-11H2,1H3. The normalized spacial score (nSPS) is 21.1. The molecule has 3 rings (SSSR count). The molecule has 0 aliphatic heterocycles. The molecular formula is C17H20BrNS. The maximum absolute atomic E-state index is 3.76. The van der Waals surface area contributed by atoms with Crippen molar-refractivity contribution in [3.05, 3.63) is 56.2 Å². The lowest BCUT2D eigenvalue weighted by atomic mass is 9.96. The molecule has 0 fully saturated rings. The van der Waals surface area contributed by atoms with Crippen LogP contribution in [0.5, 0.6) is 0 Å². The van der Waals surface area contributed by atoms with E-state index < -0.39 is 0 Å². The molecule has 1 heterocycles. The smallest absolute Gasteiger partial charge is 0.0358 e. The van der Waals surface area contributed by atoms with E-state index in [2.05, 4.69) is 63.9 Å². The second-order valence-corrected chi connectivity index (χ2v) is 7.35. The highest BCUT2D eigenvalue weighted by Crippen LogP contribution is 2.39. The Morgan fingerprint density at radius 1 is 1.30 bits per heavy atom. The van der Waals surface area contributed by atoms with Crippen molar-refractivity contribution in [3.8, 4) is 0 Å². The first-order chi connectivity index (χ1) is 9.79. The zero-order valence-corrected chi connectivity index (χ0v) is 14.1. The SMILES string of the molecule is CCCNC1c2ccccc2CC1Cc1sccc1Br. The molecule has 1 aromatic heterocycles. The zero-order valence-electron chi connectivity index (χ0n) is 11.7. The first-order valence-electron chi connectivity index (χ1n) is 7.32. The Bertz CT molecular complexity index is 578. The van der Waals surface area contributed by atoms with Crippen LogP contribution < -0.4 is 5.32 Å². The van der Waals surface area contributed by atoms with E-state index in [4.69, 9.17) is 0 Å². The minimum absolute atomic E-state index is 0.514.